The molecule has 1 saturated heterocycles. The molecule has 1 heterocycles. The van der Waals surface area contributed by atoms with Gasteiger partial charge in [-0.15, -0.1) is 0 Å². The van der Waals surface area contributed by atoms with Crippen LogP contribution in [0.3, 0.4) is 0 Å². The Bertz CT molecular complexity index is 201. The summed E-state index contributed by atoms with van der Waals surface area (Å²) in [7, 11) is 3.48. The number of methoxy groups -OCH3 is 1. The second-order valence-electron chi connectivity index (χ2n) is 4.29. The number of nitrogens with zero attached hydrogens (tertiary/aromatic N) is 1. The van der Waals surface area contributed by atoms with E-state index in [0.29, 0.717) is 12.5 Å². The van der Waals surface area contributed by atoms with Crippen LogP contribution in [0.1, 0.15) is 26.7 Å². The molecule has 2 unspecified atom stereocenters. The van der Waals surface area contributed by atoms with Crippen molar-refractivity contribution in [3.8, 4) is 0 Å². The molecule has 0 aromatic rings. The van der Waals surface area contributed by atoms with E-state index in [0.717, 1.165) is 19.4 Å². The van der Waals surface area contributed by atoms with Crippen LogP contribution in [0.15, 0.2) is 0 Å². The fraction of sp³-hybridized carbons (Fsp3) is 0.917. The van der Waals surface area contributed by atoms with Crippen LogP contribution < -0.4 is 0 Å². The Balaban J connectivity index is 0.000000318. The highest BCUT2D eigenvalue weighted by Crippen LogP contribution is 2.04. The van der Waals surface area contributed by atoms with Crippen LogP contribution in [0.5, 0.6) is 0 Å². The van der Waals surface area contributed by atoms with Crippen LogP contribution in [-0.4, -0.2) is 62.0 Å². The average Bonchev–Trinajstić information content (AvgIpc) is 2.71. The minimum Gasteiger partial charge on any atom is -0.394 e. The summed E-state index contributed by atoms with van der Waals surface area (Å²) in [4.78, 5) is 12.3. The monoisotopic (exact) mass is 247 g/mol. The van der Waals surface area contributed by atoms with Crippen molar-refractivity contribution in [2.24, 2.45) is 0 Å². The Hall–Kier alpha value is -0.650. The van der Waals surface area contributed by atoms with E-state index in [1.165, 1.54) is 0 Å². The third-order valence-corrected chi connectivity index (χ3v) is 2.58. The molecule has 0 aliphatic carbocycles. The van der Waals surface area contributed by atoms with Crippen LogP contribution in [-0.2, 0) is 14.3 Å². The van der Waals surface area contributed by atoms with Gasteiger partial charge < -0.3 is 19.5 Å². The van der Waals surface area contributed by atoms with Crippen LogP contribution >= 0.6 is 0 Å². The van der Waals surface area contributed by atoms with E-state index in [1.807, 2.05) is 20.9 Å². The molecule has 1 fully saturated rings. The zero-order chi connectivity index (χ0) is 13.3. The number of hydrogen-bond acceptors (Lipinski definition) is 4. The molecular formula is C12H25NO4. The number of aliphatic hydroxyl groups excluding tert-OH is 1. The predicted molar refractivity (Wildman–Crippen MR) is 65.8 cm³/mol. The van der Waals surface area contributed by atoms with Gasteiger partial charge in [0.15, 0.2) is 0 Å². The lowest BCUT2D eigenvalue weighted by molar-refractivity contribution is -0.126. The van der Waals surface area contributed by atoms with E-state index in [2.05, 4.69) is 0 Å². The van der Waals surface area contributed by atoms with Gasteiger partial charge in [-0.3, -0.25) is 4.79 Å². The lowest BCUT2D eigenvalue weighted by atomic mass is 10.4. The van der Waals surface area contributed by atoms with E-state index < -0.39 is 0 Å². The molecule has 102 valence electrons. The van der Waals surface area contributed by atoms with Crippen LogP contribution in [0.2, 0.25) is 0 Å². The van der Waals surface area contributed by atoms with Crippen molar-refractivity contribution < 1.29 is 19.4 Å². The standard InChI is InChI=1S/C7H16O3.C5H9NO/c1-6(4-8)10-5-7(2)9-3;1-6-4-2-3-5(6)7/h6-8H,4-5H2,1-3H3;2-4H2,1H3. The first kappa shape index (κ1) is 16.4. The Morgan fingerprint density at radius 2 is 2.06 bits per heavy atom. The average molecular weight is 247 g/mol. The number of likely N-dealkylation sites (tertiary alicyclic amines) is 1. The fourth-order valence-electron chi connectivity index (χ4n) is 1.20. The molecule has 1 rings (SSSR count). The first-order valence-corrected chi connectivity index (χ1v) is 6.00. The van der Waals surface area contributed by atoms with E-state index in [4.69, 9.17) is 14.6 Å². The maximum Gasteiger partial charge on any atom is 0.222 e. The van der Waals surface area contributed by atoms with Crippen LogP contribution in [0.25, 0.3) is 0 Å². The molecule has 1 N–H and O–H groups in total. The molecule has 1 aliphatic rings. The maximum atomic E-state index is 10.5. The molecule has 0 spiro atoms. The fourth-order valence-corrected chi connectivity index (χ4v) is 1.20. The Labute approximate surface area is 104 Å². The molecule has 5 nitrogen and oxygen atoms in total. The minimum atomic E-state index is -0.0856. The number of hydrogen-bond donors (Lipinski definition) is 1. The molecule has 0 aromatic carbocycles. The lowest BCUT2D eigenvalue weighted by Crippen LogP contribution is -2.21. The number of rotatable bonds is 5. The van der Waals surface area contributed by atoms with Crippen molar-refractivity contribution in [2.75, 3.05) is 33.9 Å². The largest absolute Gasteiger partial charge is 0.394 e. The summed E-state index contributed by atoms with van der Waals surface area (Å²) in [5.41, 5.74) is 0. The van der Waals surface area contributed by atoms with Gasteiger partial charge in [-0.1, -0.05) is 0 Å². The molecule has 2 atom stereocenters. The van der Waals surface area contributed by atoms with Crippen molar-refractivity contribution in [1.82, 2.24) is 4.90 Å². The van der Waals surface area contributed by atoms with Crippen LogP contribution in [0.4, 0.5) is 0 Å². The minimum absolute atomic E-state index is 0.0659. The summed E-state index contributed by atoms with van der Waals surface area (Å²) in [6.45, 7) is 5.31. The van der Waals surface area contributed by atoms with Gasteiger partial charge in [-0.2, -0.15) is 0 Å². The molecule has 0 radical (unpaired) electrons. The summed E-state index contributed by atoms with van der Waals surface area (Å²) >= 11 is 0. The van der Waals surface area contributed by atoms with E-state index in [-0.39, 0.29) is 18.8 Å². The van der Waals surface area contributed by atoms with E-state index in [9.17, 15) is 4.79 Å². The normalized spacial score (nSPS) is 18.6. The summed E-state index contributed by atoms with van der Waals surface area (Å²) in [5, 5.41) is 8.55. The van der Waals surface area contributed by atoms with Gasteiger partial charge in [0.25, 0.3) is 0 Å². The number of amides is 1. The number of carbonyl (C=O) groups excluding carboxylic acids is 1. The second-order valence-corrected chi connectivity index (χ2v) is 4.29. The summed E-state index contributed by atoms with van der Waals surface area (Å²) in [6.07, 6.45) is 1.83. The number of ether oxygens (including phenoxy) is 2. The van der Waals surface area contributed by atoms with Gasteiger partial charge in [0.2, 0.25) is 5.91 Å². The first-order valence-electron chi connectivity index (χ1n) is 6.00. The van der Waals surface area contributed by atoms with Crippen molar-refractivity contribution in [2.45, 2.75) is 38.9 Å². The Kier molecular flexibility index (Phi) is 9.03. The lowest BCUT2D eigenvalue weighted by Gasteiger charge is -2.13. The van der Waals surface area contributed by atoms with Gasteiger partial charge in [-0.05, 0) is 20.3 Å². The highest BCUT2D eigenvalue weighted by atomic mass is 16.5. The van der Waals surface area contributed by atoms with Crippen molar-refractivity contribution in [3.63, 3.8) is 0 Å². The summed E-state index contributed by atoms with van der Waals surface area (Å²) in [6, 6.07) is 0. The van der Waals surface area contributed by atoms with Crippen LogP contribution in [0, 0.1) is 0 Å². The maximum absolute atomic E-state index is 10.5. The van der Waals surface area contributed by atoms with Gasteiger partial charge in [0.1, 0.15) is 0 Å². The highest BCUT2D eigenvalue weighted by molar-refractivity contribution is 5.77. The SMILES string of the molecule is CN1CCCC1=O.COC(C)COC(C)CO. The molecule has 1 amide bonds. The van der Waals surface area contributed by atoms with E-state index in [1.54, 1.807) is 12.0 Å². The molecule has 5 heteroatoms. The number of aliphatic hydroxyl groups is 1. The first-order chi connectivity index (χ1) is 8.01. The molecule has 0 aromatic heterocycles. The smallest absolute Gasteiger partial charge is 0.222 e. The number of carbonyl (C=O) groups is 1. The zero-order valence-electron chi connectivity index (χ0n) is 11.3. The topological polar surface area (TPSA) is 59.0 Å². The van der Waals surface area contributed by atoms with Gasteiger partial charge in [0.05, 0.1) is 25.4 Å². The highest BCUT2D eigenvalue weighted by Gasteiger charge is 2.14. The Morgan fingerprint density at radius 3 is 2.35 bits per heavy atom. The van der Waals surface area contributed by atoms with Crippen molar-refractivity contribution in [3.05, 3.63) is 0 Å². The van der Waals surface area contributed by atoms with Gasteiger partial charge in [0, 0.05) is 27.1 Å². The predicted octanol–water partition coefficient (Wildman–Crippen LogP) is 0.657. The third kappa shape index (κ3) is 8.12. The molecule has 1 aliphatic heterocycles. The molecule has 17 heavy (non-hydrogen) atoms. The Morgan fingerprint density at radius 1 is 1.41 bits per heavy atom. The zero-order valence-corrected chi connectivity index (χ0v) is 11.3. The van der Waals surface area contributed by atoms with Crippen molar-refractivity contribution in [1.29, 1.82) is 0 Å². The molecular weight excluding hydrogens is 222 g/mol. The summed E-state index contributed by atoms with van der Waals surface area (Å²) < 4.78 is 10.1. The van der Waals surface area contributed by atoms with Gasteiger partial charge >= 0.3 is 0 Å². The van der Waals surface area contributed by atoms with Gasteiger partial charge in [-0.25, -0.2) is 0 Å². The quantitative estimate of drug-likeness (QED) is 0.775. The van der Waals surface area contributed by atoms with Crippen molar-refractivity contribution >= 4 is 5.91 Å². The molecule has 0 saturated carbocycles. The summed E-state index contributed by atoms with van der Waals surface area (Å²) in [5.74, 6) is 0.292. The third-order valence-electron chi connectivity index (χ3n) is 2.58. The van der Waals surface area contributed by atoms with E-state index >= 15 is 0 Å². The second kappa shape index (κ2) is 9.39. The molecule has 0 bridgehead atoms.